The van der Waals surface area contributed by atoms with Crippen molar-refractivity contribution < 1.29 is 9.59 Å². The molecule has 0 saturated heterocycles. The number of hydrogen-bond acceptors (Lipinski definition) is 4. The quantitative estimate of drug-likeness (QED) is 0.854. The third-order valence-corrected chi connectivity index (χ3v) is 3.73. The van der Waals surface area contributed by atoms with Crippen LogP contribution < -0.4 is 5.32 Å². The minimum Gasteiger partial charge on any atom is -0.340 e. The van der Waals surface area contributed by atoms with Crippen LogP contribution >= 0.6 is 11.3 Å². The number of nitrogens with zero attached hydrogens (tertiary/aromatic N) is 1. The van der Waals surface area contributed by atoms with Crippen LogP contribution in [0.2, 0.25) is 0 Å². The SMILES string of the molecule is CC(C)C[C@@H](C=O)NC(=O)c1nc2ccccc2s1. The van der Waals surface area contributed by atoms with E-state index in [9.17, 15) is 9.59 Å². The Morgan fingerprint density at radius 1 is 1.42 bits per heavy atom. The summed E-state index contributed by atoms with van der Waals surface area (Å²) in [6.45, 7) is 4.03. The molecule has 0 aliphatic rings. The molecule has 0 saturated carbocycles. The second kappa shape index (κ2) is 5.93. The fourth-order valence-corrected chi connectivity index (χ4v) is 2.72. The number of aldehydes is 1. The fraction of sp³-hybridized carbons (Fsp3) is 0.357. The largest absolute Gasteiger partial charge is 0.340 e. The molecule has 1 aromatic carbocycles. The molecule has 19 heavy (non-hydrogen) atoms. The van der Waals surface area contributed by atoms with Gasteiger partial charge in [0.15, 0.2) is 5.01 Å². The number of fused-ring (bicyclic) bond motifs is 1. The molecule has 0 unspecified atom stereocenters. The van der Waals surface area contributed by atoms with Gasteiger partial charge in [0.05, 0.1) is 16.3 Å². The van der Waals surface area contributed by atoms with Gasteiger partial charge in [-0.15, -0.1) is 11.3 Å². The molecule has 1 atom stereocenters. The number of carbonyl (C=O) groups excluding carboxylic acids is 2. The van der Waals surface area contributed by atoms with Crippen LogP contribution in [-0.4, -0.2) is 23.2 Å². The summed E-state index contributed by atoms with van der Waals surface area (Å²) in [5.41, 5.74) is 0.809. The maximum Gasteiger partial charge on any atom is 0.280 e. The summed E-state index contributed by atoms with van der Waals surface area (Å²) in [5.74, 6) is 0.0739. The van der Waals surface area contributed by atoms with Gasteiger partial charge >= 0.3 is 0 Å². The summed E-state index contributed by atoms with van der Waals surface area (Å²) in [6.07, 6.45) is 1.42. The number of aromatic nitrogens is 1. The van der Waals surface area contributed by atoms with Gasteiger partial charge in [0.25, 0.3) is 5.91 Å². The Bertz CT molecular complexity index is 559. The Morgan fingerprint density at radius 2 is 2.16 bits per heavy atom. The standard InChI is InChI=1S/C14H16N2O2S/c1-9(2)7-10(8-17)15-13(18)14-16-11-5-3-4-6-12(11)19-14/h3-6,8-10H,7H2,1-2H3,(H,15,18)/t10-/m0/s1. The molecule has 1 amide bonds. The highest BCUT2D eigenvalue weighted by Crippen LogP contribution is 2.21. The van der Waals surface area contributed by atoms with E-state index in [1.807, 2.05) is 38.1 Å². The molecule has 1 heterocycles. The van der Waals surface area contributed by atoms with Gasteiger partial charge in [-0.25, -0.2) is 4.98 Å². The van der Waals surface area contributed by atoms with E-state index in [2.05, 4.69) is 10.3 Å². The van der Waals surface area contributed by atoms with Crippen molar-refractivity contribution in [3.8, 4) is 0 Å². The molecule has 1 N–H and O–H groups in total. The summed E-state index contributed by atoms with van der Waals surface area (Å²) >= 11 is 1.34. The zero-order chi connectivity index (χ0) is 13.8. The van der Waals surface area contributed by atoms with Gasteiger partial charge in [-0.1, -0.05) is 26.0 Å². The number of rotatable bonds is 5. The first-order valence-corrected chi connectivity index (χ1v) is 7.03. The average molecular weight is 276 g/mol. The maximum atomic E-state index is 12.0. The highest BCUT2D eigenvalue weighted by atomic mass is 32.1. The lowest BCUT2D eigenvalue weighted by Crippen LogP contribution is -2.36. The molecular formula is C14H16N2O2S. The number of amides is 1. The van der Waals surface area contributed by atoms with Gasteiger partial charge in [0.2, 0.25) is 0 Å². The molecule has 0 radical (unpaired) electrons. The normalized spacial score (nSPS) is 12.6. The van der Waals surface area contributed by atoms with E-state index in [0.29, 0.717) is 17.3 Å². The number of benzene rings is 1. The van der Waals surface area contributed by atoms with Crippen molar-refractivity contribution in [2.45, 2.75) is 26.3 Å². The smallest absolute Gasteiger partial charge is 0.280 e. The Hall–Kier alpha value is -1.75. The molecule has 5 heteroatoms. The van der Waals surface area contributed by atoms with Gasteiger partial charge in [0, 0.05) is 0 Å². The summed E-state index contributed by atoms with van der Waals surface area (Å²) in [7, 11) is 0. The second-order valence-corrected chi connectivity index (χ2v) is 5.86. The van der Waals surface area contributed by atoms with Gasteiger partial charge in [-0.05, 0) is 24.5 Å². The minimum absolute atomic E-state index is 0.279. The molecule has 0 fully saturated rings. The molecular weight excluding hydrogens is 260 g/mol. The number of carbonyl (C=O) groups is 2. The number of hydrogen-bond donors (Lipinski definition) is 1. The van der Waals surface area contributed by atoms with Crippen molar-refractivity contribution in [3.63, 3.8) is 0 Å². The van der Waals surface area contributed by atoms with E-state index in [-0.39, 0.29) is 5.91 Å². The van der Waals surface area contributed by atoms with Crippen molar-refractivity contribution in [2.24, 2.45) is 5.92 Å². The third-order valence-electron chi connectivity index (χ3n) is 2.69. The molecule has 0 aliphatic carbocycles. The fourth-order valence-electron chi connectivity index (χ4n) is 1.86. The number of para-hydroxylation sites is 1. The monoisotopic (exact) mass is 276 g/mol. The van der Waals surface area contributed by atoms with Gasteiger partial charge in [-0.3, -0.25) is 4.79 Å². The lowest BCUT2D eigenvalue weighted by Gasteiger charge is -2.13. The van der Waals surface area contributed by atoms with Crippen molar-refractivity contribution in [2.75, 3.05) is 0 Å². The zero-order valence-electron chi connectivity index (χ0n) is 10.9. The average Bonchev–Trinajstić information content (AvgIpc) is 2.81. The van der Waals surface area contributed by atoms with Crippen LogP contribution in [0.4, 0.5) is 0 Å². The Kier molecular flexibility index (Phi) is 4.27. The third kappa shape index (κ3) is 3.38. The van der Waals surface area contributed by atoms with E-state index >= 15 is 0 Å². The Labute approximate surface area is 115 Å². The molecule has 2 aromatic rings. The number of thiazole rings is 1. The first kappa shape index (κ1) is 13.7. The summed E-state index contributed by atoms with van der Waals surface area (Å²) in [6, 6.07) is 7.15. The molecule has 1 aromatic heterocycles. The van der Waals surface area contributed by atoms with Crippen LogP contribution in [0.3, 0.4) is 0 Å². The Balaban J connectivity index is 2.12. The van der Waals surface area contributed by atoms with Crippen molar-refractivity contribution in [1.29, 1.82) is 0 Å². The zero-order valence-corrected chi connectivity index (χ0v) is 11.7. The molecule has 0 aliphatic heterocycles. The van der Waals surface area contributed by atoms with E-state index in [1.165, 1.54) is 11.3 Å². The summed E-state index contributed by atoms with van der Waals surface area (Å²) in [5, 5.41) is 3.12. The molecule has 2 rings (SSSR count). The first-order valence-electron chi connectivity index (χ1n) is 6.22. The molecule has 100 valence electrons. The first-order chi connectivity index (χ1) is 9.10. The molecule has 0 spiro atoms. The van der Waals surface area contributed by atoms with Crippen molar-refractivity contribution in [3.05, 3.63) is 29.3 Å². The summed E-state index contributed by atoms with van der Waals surface area (Å²) in [4.78, 5) is 27.3. The highest BCUT2D eigenvalue weighted by molar-refractivity contribution is 7.20. The minimum atomic E-state index is -0.445. The maximum absolute atomic E-state index is 12.0. The topological polar surface area (TPSA) is 59.1 Å². The van der Waals surface area contributed by atoms with Crippen molar-refractivity contribution in [1.82, 2.24) is 10.3 Å². The second-order valence-electron chi connectivity index (χ2n) is 4.83. The highest BCUT2D eigenvalue weighted by Gasteiger charge is 2.17. The molecule has 4 nitrogen and oxygen atoms in total. The summed E-state index contributed by atoms with van der Waals surface area (Å²) < 4.78 is 0.971. The van der Waals surface area contributed by atoms with Gasteiger partial charge < -0.3 is 10.1 Å². The molecule has 0 bridgehead atoms. The Morgan fingerprint density at radius 3 is 2.79 bits per heavy atom. The van der Waals surface area contributed by atoms with E-state index in [1.54, 1.807) is 0 Å². The lowest BCUT2D eigenvalue weighted by molar-refractivity contribution is -0.109. The van der Waals surface area contributed by atoms with Crippen LogP contribution in [0.25, 0.3) is 10.2 Å². The van der Waals surface area contributed by atoms with Crippen LogP contribution in [0.5, 0.6) is 0 Å². The van der Waals surface area contributed by atoms with E-state index < -0.39 is 6.04 Å². The predicted octanol–water partition coefficient (Wildman–Crippen LogP) is 2.64. The number of nitrogens with one attached hydrogen (secondary N) is 1. The van der Waals surface area contributed by atoms with Crippen LogP contribution in [-0.2, 0) is 4.79 Å². The van der Waals surface area contributed by atoms with Gasteiger partial charge in [0.1, 0.15) is 6.29 Å². The lowest BCUT2D eigenvalue weighted by atomic mass is 10.1. The van der Waals surface area contributed by atoms with Crippen molar-refractivity contribution >= 4 is 33.7 Å². The van der Waals surface area contributed by atoms with Crippen LogP contribution in [0.15, 0.2) is 24.3 Å². The predicted molar refractivity (Wildman–Crippen MR) is 76.4 cm³/mol. The van der Waals surface area contributed by atoms with E-state index in [4.69, 9.17) is 0 Å². The van der Waals surface area contributed by atoms with Gasteiger partial charge in [-0.2, -0.15) is 0 Å². The van der Waals surface area contributed by atoms with Crippen LogP contribution in [0.1, 0.15) is 30.1 Å². The van der Waals surface area contributed by atoms with E-state index in [0.717, 1.165) is 16.5 Å². The van der Waals surface area contributed by atoms with Crippen LogP contribution in [0, 0.1) is 5.92 Å².